The lowest BCUT2D eigenvalue weighted by molar-refractivity contribution is -0.137. The predicted molar refractivity (Wildman–Crippen MR) is 56.1 cm³/mol. The first-order valence-corrected chi connectivity index (χ1v) is 4.67. The van der Waals surface area contributed by atoms with Crippen molar-refractivity contribution in [2.75, 3.05) is 5.73 Å². The Morgan fingerprint density at radius 1 is 1.50 bits per heavy atom. The number of nitrogen functional groups attached to an aromatic ring is 1. The largest absolute Gasteiger partial charge is 0.481 e. The van der Waals surface area contributed by atoms with Crippen LogP contribution in [0.2, 0.25) is 0 Å². The third-order valence-corrected chi connectivity index (χ3v) is 2.32. The third-order valence-electron chi connectivity index (χ3n) is 2.32. The molecule has 76 valence electrons. The molecule has 0 heterocycles. The van der Waals surface area contributed by atoms with Gasteiger partial charge in [0, 0.05) is 12.1 Å². The zero-order chi connectivity index (χ0) is 10.6. The van der Waals surface area contributed by atoms with E-state index >= 15 is 0 Å². The fraction of sp³-hybridized carbons (Fsp3) is 0.364. The monoisotopic (exact) mass is 193 g/mol. The third kappa shape index (κ3) is 2.76. The van der Waals surface area contributed by atoms with Crippen LogP contribution in [0.4, 0.5) is 5.69 Å². The molecule has 0 aromatic heterocycles. The van der Waals surface area contributed by atoms with Gasteiger partial charge in [0.15, 0.2) is 0 Å². The number of rotatable bonds is 4. The Kier molecular flexibility index (Phi) is 3.51. The van der Waals surface area contributed by atoms with E-state index in [0.717, 1.165) is 11.3 Å². The minimum Gasteiger partial charge on any atom is -0.481 e. The van der Waals surface area contributed by atoms with E-state index in [1.165, 1.54) is 0 Å². The lowest BCUT2D eigenvalue weighted by atomic mass is 9.95. The summed E-state index contributed by atoms with van der Waals surface area (Å²) < 4.78 is 0. The maximum Gasteiger partial charge on any atom is 0.303 e. The van der Waals surface area contributed by atoms with Gasteiger partial charge in [0.25, 0.3) is 0 Å². The van der Waals surface area contributed by atoms with E-state index in [9.17, 15) is 4.79 Å². The standard InChI is InChI=1S/C11H15NO2/c1-8(6-7-11(13)14)9-4-2-3-5-10(9)12/h2-5,8H,6-7,12H2,1H3,(H,13,14). The maximum atomic E-state index is 10.4. The molecule has 0 saturated carbocycles. The molecular weight excluding hydrogens is 178 g/mol. The van der Waals surface area contributed by atoms with Crippen molar-refractivity contribution in [2.24, 2.45) is 0 Å². The second kappa shape index (κ2) is 4.65. The fourth-order valence-electron chi connectivity index (χ4n) is 1.46. The van der Waals surface area contributed by atoms with Gasteiger partial charge in [-0.25, -0.2) is 0 Å². The van der Waals surface area contributed by atoms with Crippen LogP contribution < -0.4 is 5.73 Å². The average Bonchev–Trinajstić information content (AvgIpc) is 2.15. The van der Waals surface area contributed by atoms with Gasteiger partial charge >= 0.3 is 5.97 Å². The van der Waals surface area contributed by atoms with E-state index in [0.29, 0.717) is 6.42 Å². The molecule has 1 atom stereocenters. The summed E-state index contributed by atoms with van der Waals surface area (Å²) in [5, 5.41) is 8.55. The molecule has 1 rings (SSSR count). The van der Waals surface area contributed by atoms with Crippen LogP contribution in [0, 0.1) is 0 Å². The number of carbonyl (C=O) groups is 1. The smallest absolute Gasteiger partial charge is 0.303 e. The minimum absolute atomic E-state index is 0.190. The normalized spacial score (nSPS) is 12.4. The molecule has 0 bridgehead atoms. The van der Waals surface area contributed by atoms with Crippen molar-refractivity contribution in [1.82, 2.24) is 0 Å². The first-order valence-electron chi connectivity index (χ1n) is 4.67. The second-order valence-corrected chi connectivity index (χ2v) is 3.46. The van der Waals surface area contributed by atoms with Crippen LogP contribution in [0.1, 0.15) is 31.2 Å². The summed E-state index contributed by atoms with van der Waals surface area (Å²) in [6.45, 7) is 1.99. The molecule has 1 aromatic carbocycles. The van der Waals surface area contributed by atoms with E-state index in [1.54, 1.807) is 0 Å². The molecule has 3 heteroatoms. The lowest BCUT2D eigenvalue weighted by Crippen LogP contribution is -2.02. The molecule has 14 heavy (non-hydrogen) atoms. The van der Waals surface area contributed by atoms with Gasteiger partial charge in [-0.3, -0.25) is 4.79 Å². The highest BCUT2D eigenvalue weighted by Gasteiger charge is 2.09. The minimum atomic E-state index is -0.758. The van der Waals surface area contributed by atoms with Crippen molar-refractivity contribution >= 4 is 11.7 Å². The van der Waals surface area contributed by atoms with Crippen LogP contribution >= 0.6 is 0 Å². The Bertz CT molecular complexity index is 323. The van der Waals surface area contributed by atoms with Crippen molar-refractivity contribution in [3.8, 4) is 0 Å². The highest BCUT2D eigenvalue weighted by Crippen LogP contribution is 2.25. The summed E-state index contributed by atoms with van der Waals surface area (Å²) in [6, 6.07) is 7.58. The van der Waals surface area contributed by atoms with Crippen molar-refractivity contribution in [2.45, 2.75) is 25.7 Å². The molecular formula is C11H15NO2. The maximum absolute atomic E-state index is 10.4. The van der Waals surface area contributed by atoms with Crippen molar-refractivity contribution < 1.29 is 9.90 Å². The Hall–Kier alpha value is -1.51. The molecule has 0 spiro atoms. The zero-order valence-corrected chi connectivity index (χ0v) is 8.23. The molecule has 0 aliphatic carbocycles. The van der Waals surface area contributed by atoms with Gasteiger partial charge in [-0.05, 0) is 24.0 Å². The SMILES string of the molecule is CC(CCC(=O)O)c1ccccc1N. The van der Waals surface area contributed by atoms with Gasteiger partial charge in [-0.15, -0.1) is 0 Å². The van der Waals surface area contributed by atoms with E-state index in [-0.39, 0.29) is 12.3 Å². The van der Waals surface area contributed by atoms with Crippen LogP contribution in [0.3, 0.4) is 0 Å². The molecule has 0 amide bonds. The van der Waals surface area contributed by atoms with Crippen LogP contribution in [-0.2, 0) is 4.79 Å². The van der Waals surface area contributed by atoms with Gasteiger partial charge in [-0.1, -0.05) is 25.1 Å². The molecule has 0 saturated heterocycles. The van der Waals surface area contributed by atoms with Crippen LogP contribution in [-0.4, -0.2) is 11.1 Å². The molecule has 3 N–H and O–H groups in total. The van der Waals surface area contributed by atoms with Crippen LogP contribution in [0.25, 0.3) is 0 Å². The molecule has 0 aliphatic heterocycles. The summed E-state index contributed by atoms with van der Waals surface area (Å²) >= 11 is 0. The van der Waals surface area contributed by atoms with Gasteiger partial charge in [-0.2, -0.15) is 0 Å². The Morgan fingerprint density at radius 3 is 2.71 bits per heavy atom. The van der Waals surface area contributed by atoms with E-state index in [1.807, 2.05) is 31.2 Å². The van der Waals surface area contributed by atoms with E-state index in [4.69, 9.17) is 10.8 Å². The number of nitrogens with two attached hydrogens (primary N) is 1. The van der Waals surface area contributed by atoms with Gasteiger partial charge in [0.1, 0.15) is 0 Å². The predicted octanol–water partition coefficient (Wildman–Crippen LogP) is 2.24. The molecule has 1 unspecified atom stereocenters. The Balaban J connectivity index is 2.65. The number of hydrogen-bond donors (Lipinski definition) is 2. The number of benzene rings is 1. The average molecular weight is 193 g/mol. The molecule has 0 aliphatic rings. The van der Waals surface area contributed by atoms with Crippen molar-refractivity contribution in [1.29, 1.82) is 0 Å². The van der Waals surface area contributed by atoms with Crippen molar-refractivity contribution in [3.05, 3.63) is 29.8 Å². The zero-order valence-electron chi connectivity index (χ0n) is 8.23. The highest BCUT2D eigenvalue weighted by atomic mass is 16.4. The molecule has 3 nitrogen and oxygen atoms in total. The summed E-state index contributed by atoms with van der Waals surface area (Å²) in [6.07, 6.45) is 0.818. The summed E-state index contributed by atoms with van der Waals surface area (Å²) in [5.74, 6) is -0.557. The second-order valence-electron chi connectivity index (χ2n) is 3.46. The molecule has 1 aromatic rings. The summed E-state index contributed by atoms with van der Waals surface area (Å²) in [4.78, 5) is 10.4. The number of anilines is 1. The fourth-order valence-corrected chi connectivity index (χ4v) is 1.46. The quantitative estimate of drug-likeness (QED) is 0.721. The first kappa shape index (κ1) is 10.6. The highest BCUT2D eigenvalue weighted by molar-refractivity contribution is 5.66. The molecule has 0 fully saturated rings. The topological polar surface area (TPSA) is 63.3 Å². The number of aliphatic carboxylic acids is 1. The molecule has 0 radical (unpaired) electrons. The van der Waals surface area contributed by atoms with E-state index < -0.39 is 5.97 Å². The van der Waals surface area contributed by atoms with Crippen LogP contribution in [0.5, 0.6) is 0 Å². The van der Waals surface area contributed by atoms with Gasteiger partial charge in [0.05, 0.1) is 0 Å². The van der Waals surface area contributed by atoms with Gasteiger partial charge < -0.3 is 10.8 Å². The number of carboxylic acid groups (broad SMARTS) is 1. The number of carboxylic acids is 1. The van der Waals surface area contributed by atoms with Crippen molar-refractivity contribution in [3.63, 3.8) is 0 Å². The van der Waals surface area contributed by atoms with Crippen LogP contribution in [0.15, 0.2) is 24.3 Å². The Morgan fingerprint density at radius 2 is 2.14 bits per heavy atom. The van der Waals surface area contributed by atoms with E-state index in [2.05, 4.69) is 0 Å². The summed E-state index contributed by atoms with van der Waals surface area (Å²) in [7, 11) is 0. The lowest BCUT2D eigenvalue weighted by Gasteiger charge is -2.12. The summed E-state index contributed by atoms with van der Waals surface area (Å²) in [5.41, 5.74) is 7.56. The number of hydrogen-bond acceptors (Lipinski definition) is 2. The number of para-hydroxylation sites is 1. The van der Waals surface area contributed by atoms with Gasteiger partial charge in [0.2, 0.25) is 0 Å². The first-order chi connectivity index (χ1) is 6.61. The Labute approximate surface area is 83.6 Å².